The van der Waals surface area contributed by atoms with Crippen LogP contribution < -0.4 is 5.30 Å². The van der Waals surface area contributed by atoms with E-state index in [1.54, 1.807) is 5.30 Å². The number of benzene rings is 1. The van der Waals surface area contributed by atoms with Gasteiger partial charge in [-0.15, -0.1) is 40.3 Å². The largest absolute Gasteiger partial charge is 0.214 e. The van der Waals surface area contributed by atoms with Crippen molar-refractivity contribution >= 4 is 42.6 Å². The van der Waals surface area contributed by atoms with Crippen molar-refractivity contribution in [1.29, 1.82) is 0 Å². The van der Waals surface area contributed by atoms with E-state index >= 15 is 0 Å². The van der Waals surface area contributed by atoms with E-state index in [0.717, 1.165) is 11.3 Å². The minimum absolute atomic E-state index is 0.0252. The first kappa shape index (κ1) is 23.9. The van der Waals surface area contributed by atoms with Crippen LogP contribution in [-0.4, -0.2) is 11.3 Å². The van der Waals surface area contributed by atoms with Crippen molar-refractivity contribution in [1.82, 2.24) is 0 Å². The van der Waals surface area contributed by atoms with Crippen molar-refractivity contribution in [2.24, 2.45) is 0 Å². The van der Waals surface area contributed by atoms with Gasteiger partial charge in [0.1, 0.15) is 0 Å². The summed E-state index contributed by atoms with van der Waals surface area (Å²) in [6, 6.07) is 23.6. The Bertz CT molecular complexity index is 633. The van der Waals surface area contributed by atoms with Crippen LogP contribution in [0.3, 0.4) is 0 Å². The van der Waals surface area contributed by atoms with Crippen LogP contribution in [0.2, 0.25) is 0 Å². The van der Waals surface area contributed by atoms with Crippen molar-refractivity contribution in [3.8, 4) is 0 Å². The Balaban J connectivity index is 0.000000351. The molecule has 0 N–H and O–H groups in total. The van der Waals surface area contributed by atoms with Gasteiger partial charge < -0.3 is 0 Å². The molecule has 0 aliphatic carbocycles. The van der Waals surface area contributed by atoms with Crippen molar-refractivity contribution < 1.29 is 17.0 Å². The SMILES string of the molecule is CCC(C)P(c1cc2ccccc2[cH-]1)C(C)CC.[Cl][Ti][Cl].c1cc[cH-]c1. The third-order valence-electron chi connectivity index (χ3n) is 4.59. The Kier molecular flexibility index (Phi) is 12.9. The quantitative estimate of drug-likeness (QED) is 0.213. The molecule has 0 amide bonds. The number of rotatable bonds is 5. The van der Waals surface area contributed by atoms with Crippen LogP contribution in [0.15, 0.2) is 66.7 Å². The van der Waals surface area contributed by atoms with Crippen molar-refractivity contribution in [2.75, 3.05) is 0 Å². The Morgan fingerprint density at radius 1 is 0.962 bits per heavy atom. The first-order valence-electron chi connectivity index (χ1n) is 9.15. The minimum atomic E-state index is -0.556. The van der Waals surface area contributed by atoms with Crippen LogP contribution in [0.25, 0.3) is 10.8 Å². The third-order valence-corrected chi connectivity index (χ3v) is 8.07. The van der Waals surface area contributed by atoms with E-state index in [0.29, 0.717) is 0 Å². The van der Waals surface area contributed by atoms with E-state index < -0.39 is 17.0 Å². The van der Waals surface area contributed by atoms with E-state index in [4.69, 9.17) is 18.6 Å². The fraction of sp³-hybridized carbons (Fsp3) is 0.364. The van der Waals surface area contributed by atoms with Gasteiger partial charge in [-0.3, -0.25) is 0 Å². The van der Waals surface area contributed by atoms with Crippen LogP contribution in [0, 0.1) is 0 Å². The maximum absolute atomic E-state index is 4.89. The Labute approximate surface area is 177 Å². The van der Waals surface area contributed by atoms with Gasteiger partial charge in [0, 0.05) is 0 Å². The van der Waals surface area contributed by atoms with Gasteiger partial charge >= 0.3 is 35.6 Å². The van der Waals surface area contributed by atoms with Gasteiger partial charge in [-0.25, -0.2) is 12.1 Å². The molecule has 3 aromatic carbocycles. The predicted molar refractivity (Wildman–Crippen MR) is 119 cm³/mol. The topological polar surface area (TPSA) is 0 Å². The molecule has 0 spiro atoms. The smallest absolute Gasteiger partial charge is 0.172 e. The molecule has 0 saturated carbocycles. The summed E-state index contributed by atoms with van der Waals surface area (Å²) < 4.78 is 0. The molecule has 0 radical (unpaired) electrons. The summed E-state index contributed by atoms with van der Waals surface area (Å²) in [6.45, 7) is 9.50. The molecule has 2 unspecified atom stereocenters. The van der Waals surface area contributed by atoms with Crippen molar-refractivity contribution in [2.45, 2.75) is 51.9 Å². The molecular weight excluding hydrogens is 414 g/mol. The maximum Gasteiger partial charge on any atom is -0.172 e. The molecule has 0 aliphatic heterocycles. The zero-order chi connectivity index (χ0) is 19.4. The number of hydrogen-bond donors (Lipinski definition) is 0. The summed E-state index contributed by atoms with van der Waals surface area (Å²) in [6.07, 6.45) is 2.58. The van der Waals surface area contributed by atoms with Crippen LogP contribution in [-0.2, 0) is 17.0 Å². The van der Waals surface area contributed by atoms with Crippen LogP contribution >= 0.6 is 26.5 Å². The monoisotopic (exact) mass is 442 g/mol. The van der Waals surface area contributed by atoms with Crippen molar-refractivity contribution in [3.63, 3.8) is 0 Å². The predicted octanol–water partition coefficient (Wildman–Crippen LogP) is 8.04. The van der Waals surface area contributed by atoms with Gasteiger partial charge in [0.05, 0.1) is 0 Å². The third kappa shape index (κ3) is 7.88. The van der Waals surface area contributed by atoms with Crippen molar-refractivity contribution in [3.05, 3.63) is 66.7 Å². The molecule has 2 atom stereocenters. The fourth-order valence-corrected chi connectivity index (χ4v) is 6.19. The summed E-state index contributed by atoms with van der Waals surface area (Å²) in [5.74, 6) is 0. The minimum Gasteiger partial charge on any atom is -0.214 e. The molecule has 0 bridgehead atoms. The average molecular weight is 443 g/mol. The number of halogens is 2. The molecule has 4 heteroatoms. The van der Waals surface area contributed by atoms with Gasteiger partial charge in [0.25, 0.3) is 0 Å². The molecule has 0 fully saturated rings. The standard InChI is InChI=1S/C17H24P.C5H5.2ClH.Ti/c1-5-13(3)18(14(4)6-2)17-11-15-9-7-8-10-16(15)12-17;1-2-4-5-3-1;;;/h7-14H,5-6H2,1-4H3;1-5H;2*1H;/q2*-1;;;+2/p-2. The summed E-state index contributed by atoms with van der Waals surface area (Å²) in [5.41, 5.74) is 1.65. The van der Waals surface area contributed by atoms with Crippen LogP contribution in [0.4, 0.5) is 0 Å². The summed E-state index contributed by atoms with van der Waals surface area (Å²) in [5, 5.41) is 4.42. The summed E-state index contributed by atoms with van der Waals surface area (Å²) in [7, 11) is 9.75. The second-order valence-electron chi connectivity index (χ2n) is 6.30. The van der Waals surface area contributed by atoms with Crippen LogP contribution in [0.5, 0.6) is 0 Å². The molecule has 3 rings (SSSR count). The van der Waals surface area contributed by atoms with E-state index in [-0.39, 0.29) is 7.92 Å². The molecule has 142 valence electrons. The normalized spacial score (nSPS) is 13.6. The van der Waals surface area contributed by atoms with E-state index in [9.17, 15) is 0 Å². The van der Waals surface area contributed by atoms with Gasteiger partial charge in [0.15, 0.2) is 0 Å². The van der Waals surface area contributed by atoms with Gasteiger partial charge in [-0.2, -0.15) is 24.3 Å². The maximum atomic E-state index is 4.89. The number of hydrogen-bond acceptors (Lipinski definition) is 0. The molecule has 0 aromatic heterocycles. The second-order valence-corrected chi connectivity index (χ2v) is 12.0. The zero-order valence-corrected chi connectivity index (χ0v) is 20.1. The molecule has 26 heavy (non-hydrogen) atoms. The zero-order valence-electron chi connectivity index (χ0n) is 16.1. The average Bonchev–Trinajstić information content (AvgIpc) is 3.34. The van der Waals surface area contributed by atoms with E-state index in [2.05, 4.69) is 64.1 Å². The summed E-state index contributed by atoms with van der Waals surface area (Å²) >= 11 is -0.556. The van der Waals surface area contributed by atoms with Gasteiger partial charge in [-0.1, -0.05) is 41.7 Å². The van der Waals surface area contributed by atoms with E-state index in [1.165, 1.54) is 23.6 Å². The van der Waals surface area contributed by atoms with Gasteiger partial charge in [-0.05, 0) is 24.2 Å². The Morgan fingerprint density at radius 3 is 1.92 bits per heavy atom. The number of fused-ring (bicyclic) bond motifs is 1. The Hall–Kier alpha value is -0.0957. The molecule has 0 nitrogen and oxygen atoms in total. The van der Waals surface area contributed by atoms with Crippen LogP contribution in [0.1, 0.15) is 40.5 Å². The first-order chi connectivity index (χ1) is 12.6. The molecule has 0 aliphatic rings. The fourth-order valence-electron chi connectivity index (χ4n) is 2.94. The molecule has 0 saturated heterocycles. The molecule has 0 heterocycles. The molecule has 3 aromatic rings. The van der Waals surface area contributed by atoms with E-state index in [1.807, 2.05) is 30.3 Å². The molecular formula is C22H29Cl2PTi-2. The van der Waals surface area contributed by atoms with Gasteiger partial charge in [0.2, 0.25) is 0 Å². The first-order valence-corrected chi connectivity index (χ1v) is 14.9. The second kappa shape index (κ2) is 14.0. The Morgan fingerprint density at radius 2 is 1.50 bits per heavy atom. The summed E-state index contributed by atoms with van der Waals surface area (Å²) in [4.78, 5) is 0.